The third-order valence-electron chi connectivity index (χ3n) is 2.38. The SMILES string of the molecule is O=C(O)C1=CN2C=CN3CSCC3=C2O1. The monoisotopic (exact) mass is 224 g/mol. The summed E-state index contributed by atoms with van der Waals surface area (Å²) in [5, 5.41) is 8.82. The topological polar surface area (TPSA) is 53.0 Å². The van der Waals surface area contributed by atoms with Gasteiger partial charge in [-0.15, -0.1) is 11.8 Å². The maximum Gasteiger partial charge on any atom is 0.373 e. The average molecular weight is 224 g/mol. The molecule has 3 aliphatic heterocycles. The Morgan fingerprint density at radius 3 is 3.20 bits per heavy atom. The number of ether oxygens (including phenoxy) is 1. The summed E-state index contributed by atoms with van der Waals surface area (Å²) in [6.45, 7) is 0. The van der Waals surface area contributed by atoms with Crippen molar-refractivity contribution >= 4 is 17.7 Å². The minimum absolute atomic E-state index is 0.0269. The Kier molecular flexibility index (Phi) is 1.72. The number of thioether (sulfide) groups is 1. The van der Waals surface area contributed by atoms with E-state index in [1.807, 2.05) is 6.20 Å². The molecule has 5 nitrogen and oxygen atoms in total. The van der Waals surface area contributed by atoms with Crippen LogP contribution in [0.15, 0.2) is 35.9 Å². The van der Waals surface area contributed by atoms with Gasteiger partial charge in [0.2, 0.25) is 11.6 Å². The fourth-order valence-electron chi connectivity index (χ4n) is 1.66. The molecule has 0 bridgehead atoms. The Labute approximate surface area is 90.3 Å². The van der Waals surface area contributed by atoms with Crippen LogP contribution in [-0.4, -0.2) is 32.5 Å². The molecule has 0 unspecified atom stereocenters. The van der Waals surface area contributed by atoms with Crippen molar-refractivity contribution in [3.8, 4) is 0 Å². The molecule has 3 rings (SSSR count). The predicted octanol–water partition coefficient (Wildman–Crippen LogP) is 0.905. The molecule has 0 aromatic carbocycles. The van der Waals surface area contributed by atoms with Crippen LogP contribution in [-0.2, 0) is 9.53 Å². The molecule has 78 valence electrons. The molecule has 1 fully saturated rings. The lowest BCUT2D eigenvalue weighted by Gasteiger charge is -2.24. The van der Waals surface area contributed by atoms with E-state index in [0.29, 0.717) is 5.88 Å². The van der Waals surface area contributed by atoms with Gasteiger partial charge in [-0.05, 0) is 0 Å². The van der Waals surface area contributed by atoms with Gasteiger partial charge in [0.1, 0.15) is 0 Å². The first-order valence-electron chi connectivity index (χ1n) is 4.43. The molecule has 0 aliphatic carbocycles. The number of hydrogen-bond acceptors (Lipinski definition) is 5. The smallest absolute Gasteiger partial charge is 0.373 e. The average Bonchev–Trinajstić information content (AvgIpc) is 2.82. The summed E-state index contributed by atoms with van der Waals surface area (Å²) in [5.74, 6) is 1.31. The summed E-state index contributed by atoms with van der Waals surface area (Å²) in [6.07, 6.45) is 5.23. The standard InChI is InChI=1S/C9H8N2O3S/c12-9(13)7-3-10-1-2-11-5-15-4-6(11)8(10)14-7/h1-3H,4-5H2,(H,12,13). The molecule has 3 heterocycles. The molecular weight excluding hydrogens is 216 g/mol. The van der Waals surface area contributed by atoms with E-state index in [1.165, 1.54) is 6.20 Å². The lowest BCUT2D eigenvalue weighted by Crippen LogP contribution is -2.22. The van der Waals surface area contributed by atoms with Gasteiger partial charge in [0, 0.05) is 18.2 Å². The maximum atomic E-state index is 10.8. The maximum absolute atomic E-state index is 10.8. The molecule has 0 spiro atoms. The number of carboxylic acid groups (broad SMARTS) is 1. The van der Waals surface area contributed by atoms with Crippen molar-refractivity contribution in [3.63, 3.8) is 0 Å². The minimum Gasteiger partial charge on any atom is -0.475 e. The van der Waals surface area contributed by atoms with Crippen molar-refractivity contribution in [1.29, 1.82) is 0 Å². The third-order valence-corrected chi connectivity index (χ3v) is 3.32. The second kappa shape index (κ2) is 2.96. The molecule has 15 heavy (non-hydrogen) atoms. The molecule has 0 aromatic heterocycles. The van der Waals surface area contributed by atoms with Gasteiger partial charge in [-0.3, -0.25) is 4.90 Å². The minimum atomic E-state index is -1.04. The van der Waals surface area contributed by atoms with Crippen molar-refractivity contribution in [2.75, 3.05) is 11.6 Å². The highest BCUT2D eigenvalue weighted by Gasteiger charge is 2.33. The number of fused-ring (bicyclic) bond motifs is 2. The highest BCUT2D eigenvalue weighted by atomic mass is 32.2. The Balaban J connectivity index is 1.98. The lowest BCUT2D eigenvalue weighted by atomic mass is 10.4. The number of carbonyl (C=O) groups is 1. The second-order valence-corrected chi connectivity index (χ2v) is 4.26. The largest absolute Gasteiger partial charge is 0.475 e. The molecule has 0 radical (unpaired) electrons. The lowest BCUT2D eigenvalue weighted by molar-refractivity contribution is -0.135. The van der Waals surface area contributed by atoms with Crippen LogP contribution in [0, 0.1) is 0 Å². The van der Waals surface area contributed by atoms with Gasteiger partial charge >= 0.3 is 5.97 Å². The highest BCUT2D eigenvalue weighted by molar-refractivity contribution is 7.99. The molecule has 6 heteroatoms. The van der Waals surface area contributed by atoms with Crippen molar-refractivity contribution in [2.45, 2.75) is 0 Å². The molecule has 3 aliphatic rings. The number of aliphatic carboxylic acids is 1. The van der Waals surface area contributed by atoms with Crippen molar-refractivity contribution in [3.05, 3.63) is 35.9 Å². The number of nitrogens with zero attached hydrogens (tertiary/aromatic N) is 2. The number of carboxylic acids is 1. The van der Waals surface area contributed by atoms with Crippen LogP contribution in [0.4, 0.5) is 0 Å². The summed E-state index contributed by atoms with van der Waals surface area (Å²) in [5.41, 5.74) is 1.04. The van der Waals surface area contributed by atoms with Crippen LogP contribution >= 0.6 is 11.8 Å². The van der Waals surface area contributed by atoms with E-state index >= 15 is 0 Å². The van der Waals surface area contributed by atoms with Gasteiger partial charge in [0.15, 0.2) is 0 Å². The zero-order chi connectivity index (χ0) is 10.4. The number of hydrogen-bond donors (Lipinski definition) is 1. The predicted molar refractivity (Wildman–Crippen MR) is 54.0 cm³/mol. The molecule has 0 saturated carbocycles. The Bertz CT molecular complexity index is 427. The van der Waals surface area contributed by atoms with E-state index < -0.39 is 5.97 Å². The molecule has 0 aromatic rings. The van der Waals surface area contributed by atoms with Gasteiger partial charge in [-0.2, -0.15) is 0 Å². The summed E-state index contributed by atoms with van der Waals surface area (Å²) in [7, 11) is 0. The van der Waals surface area contributed by atoms with Crippen LogP contribution in [0.5, 0.6) is 0 Å². The fourth-order valence-corrected chi connectivity index (χ4v) is 2.67. The first-order valence-corrected chi connectivity index (χ1v) is 5.58. The van der Waals surface area contributed by atoms with Crippen LogP contribution in [0.1, 0.15) is 0 Å². The van der Waals surface area contributed by atoms with Crippen molar-refractivity contribution in [2.24, 2.45) is 0 Å². The first kappa shape index (κ1) is 8.72. The first-order chi connectivity index (χ1) is 7.25. The molecule has 1 saturated heterocycles. The Morgan fingerprint density at radius 2 is 2.40 bits per heavy atom. The Morgan fingerprint density at radius 1 is 1.53 bits per heavy atom. The molecular formula is C9H8N2O3S. The van der Waals surface area contributed by atoms with Crippen LogP contribution in [0.3, 0.4) is 0 Å². The van der Waals surface area contributed by atoms with E-state index in [0.717, 1.165) is 17.3 Å². The van der Waals surface area contributed by atoms with Crippen molar-refractivity contribution < 1.29 is 14.6 Å². The summed E-state index contributed by atoms with van der Waals surface area (Å²) < 4.78 is 5.30. The van der Waals surface area contributed by atoms with E-state index in [9.17, 15) is 4.79 Å². The van der Waals surface area contributed by atoms with E-state index in [4.69, 9.17) is 9.84 Å². The van der Waals surface area contributed by atoms with Gasteiger partial charge in [0.25, 0.3) is 0 Å². The zero-order valence-corrected chi connectivity index (χ0v) is 8.53. The highest BCUT2D eigenvalue weighted by Crippen LogP contribution is 2.36. The van der Waals surface area contributed by atoms with Crippen molar-refractivity contribution in [1.82, 2.24) is 9.80 Å². The molecule has 1 N–H and O–H groups in total. The Hall–Kier alpha value is -1.56. The second-order valence-electron chi connectivity index (χ2n) is 3.31. The van der Waals surface area contributed by atoms with E-state index in [-0.39, 0.29) is 5.76 Å². The van der Waals surface area contributed by atoms with E-state index in [1.54, 1.807) is 22.9 Å². The van der Waals surface area contributed by atoms with Crippen LogP contribution < -0.4 is 0 Å². The van der Waals surface area contributed by atoms with Gasteiger partial charge < -0.3 is 14.7 Å². The third kappa shape index (κ3) is 1.21. The molecule has 0 atom stereocenters. The summed E-state index contributed by atoms with van der Waals surface area (Å²) in [4.78, 5) is 14.5. The quantitative estimate of drug-likeness (QED) is 0.714. The molecule has 0 amide bonds. The zero-order valence-electron chi connectivity index (χ0n) is 7.71. The summed E-state index contributed by atoms with van der Waals surface area (Å²) in [6, 6.07) is 0. The van der Waals surface area contributed by atoms with Gasteiger partial charge in [-0.25, -0.2) is 4.79 Å². The fraction of sp³-hybridized carbons (Fsp3) is 0.222. The van der Waals surface area contributed by atoms with Crippen LogP contribution in [0.2, 0.25) is 0 Å². The van der Waals surface area contributed by atoms with Gasteiger partial charge in [0.05, 0.1) is 17.8 Å². The van der Waals surface area contributed by atoms with Gasteiger partial charge in [-0.1, -0.05) is 0 Å². The number of rotatable bonds is 1. The van der Waals surface area contributed by atoms with E-state index in [2.05, 4.69) is 4.90 Å². The van der Waals surface area contributed by atoms with Crippen LogP contribution in [0.25, 0.3) is 0 Å². The summed E-state index contributed by atoms with van der Waals surface area (Å²) >= 11 is 1.78. The normalized spacial score (nSPS) is 22.5.